The Bertz CT molecular complexity index is 690. The van der Waals surface area contributed by atoms with E-state index in [2.05, 4.69) is 44.3 Å². The summed E-state index contributed by atoms with van der Waals surface area (Å²) in [7, 11) is 0. The molecule has 2 aromatic rings. The van der Waals surface area contributed by atoms with Crippen LogP contribution in [0, 0.1) is 5.92 Å². The SMILES string of the molecule is CCCCCCCc1ccc(-c2ncc3c(n2)CCC(CCCC)C3)cc1. The average molecular weight is 365 g/mol. The van der Waals surface area contributed by atoms with Crippen molar-refractivity contribution in [1.29, 1.82) is 0 Å². The first-order valence-corrected chi connectivity index (χ1v) is 11.2. The van der Waals surface area contributed by atoms with Crippen molar-refractivity contribution < 1.29 is 0 Å². The molecule has 0 amide bonds. The van der Waals surface area contributed by atoms with Crippen molar-refractivity contribution in [3.05, 3.63) is 47.3 Å². The van der Waals surface area contributed by atoms with Gasteiger partial charge in [-0.3, -0.25) is 0 Å². The highest BCUT2D eigenvalue weighted by molar-refractivity contribution is 5.55. The van der Waals surface area contributed by atoms with Gasteiger partial charge in [0.1, 0.15) is 0 Å². The Hall–Kier alpha value is -1.70. The van der Waals surface area contributed by atoms with E-state index < -0.39 is 0 Å². The van der Waals surface area contributed by atoms with E-state index in [0.717, 1.165) is 23.7 Å². The van der Waals surface area contributed by atoms with E-state index in [1.54, 1.807) is 0 Å². The lowest BCUT2D eigenvalue weighted by Crippen LogP contribution is -2.16. The summed E-state index contributed by atoms with van der Waals surface area (Å²) in [6.45, 7) is 4.55. The molecule has 0 saturated heterocycles. The van der Waals surface area contributed by atoms with Gasteiger partial charge in [-0.15, -0.1) is 0 Å². The van der Waals surface area contributed by atoms with Crippen LogP contribution in [0.2, 0.25) is 0 Å². The molecular formula is C25H36N2. The van der Waals surface area contributed by atoms with Crippen LogP contribution >= 0.6 is 0 Å². The van der Waals surface area contributed by atoms with Crippen molar-refractivity contribution >= 4 is 0 Å². The minimum atomic E-state index is 0.837. The van der Waals surface area contributed by atoms with E-state index in [4.69, 9.17) is 9.97 Å². The summed E-state index contributed by atoms with van der Waals surface area (Å²) in [5.41, 5.74) is 5.26. The van der Waals surface area contributed by atoms with E-state index >= 15 is 0 Å². The van der Waals surface area contributed by atoms with Crippen LogP contribution in [0.1, 0.15) is 88.5 Å². The predicted octanol–water partition coefficient (Wildman–Crippen LogP) is 6.95. The first-order valence-electron chi connectivity index (χ1n) is 11.2. The van der Waals surface area contributed by atoms with Crippen LogP contribution in [0.25, 0.3) is 11.4 Å². The van der Waals surface area contributed by atoms with Crippen LogP contribution in [0.4, 0.5) is 0 Å². The minimum absolute atomic E-state index is 0.837. The Labute approximate surface area is 165 Å². The zero-order valence-electron chi connectivity index (χ0n) is 17.3. The van der Waals surface area contributed by atoms with Gasteiger partial charge in [0.25, 0.3) is 0 Å². The topological polar surface area (TPSA) is 25.8 Å². The van der Waals surface area contributed by atoms with Crippen molar-refractivity contribution in [2.45, 2.75) is 90.9 Å². The number of fused-ring (bicyclic) bond motifs is 1. The molecule has 146 valence electrons. The van der Waals surface area contributed by atoms with Gasteiger partial charge in [-0.25, -0.2) is 9.97 Å². The van der Waals surface area contributed by atoms with Crippen LogP contribution in [0.3, 0.4) is 0 Å². The largest absolute Gasteiger partial charge is 0.236 e. The van der Waals surface area contributed by atoms with Crippen LogP contribution in [0.5, 0.6) is 0 Å². The lowest BCUT2D eigenvalue weighted by atomic mass is 9.84. The van der Waals surface area contributed by atoms with E-state index in [-0.39, 0.29) is 0 Å². The van der Waals surface area contributed by atoms with Gasteiger partial charge in [-0.05, 0) is 49.1 Å². The highest BCUT2D eigenvalue weighted by atomic mass is 14.9. The molecule has 27 heavy (non-hydrogen) atoms. The summed E-state index contributed by atoms with van der Waals surface area (Å²) < 4.78 is 0. The Morgan fingerprint density at radius 3 is 2.48 bits per heavy atom. The van der Waals surface area contributed by atoms with E-state index in [1.165, 1.54) is 87.4 Å². The maximum absolute atomic E-state index is 4.91. The Morgan fingerprint density at radius 2 is 1.70 bits per heavy atom. The summed E-state index contributed by atoms with van der Waals surface area (Å²) >= 11 is 0. The first-order chi connectivity index (χ1) is 13.3. The number of aromatic nitrogens is 2. The molecule has 1 aliphatic rings. The normalized spacial score (nSPS) is 16.3. The molecule has 1 unspecified atom stereocenters. The molecule has 2 heteroatoms. The van der Waals surface area contributed by atoms with Gasteiger partial charge < -0.3 is 0 Å². The van der Waals surface area contributed by atoms with Crippen molar-refractivity contribution in [2.75, 3.05) is 0 Å². The molecule has 0 saturated carbocycles. The summed E-state index contributed by atoms with van der Waals surface area (Å²) in [6.07, 6.45) is 17.6. The van der Waals surface area contributed by atoms with Gasteiger partial charge in [-0.2, -0.15) is 0 Å². The number of benzene rings is 1. The number of hydrogen-bond donors (Lipinski definition) is 0. The predicted molar refractivity (Wildman–Crippen MR) is 115 cm³/mol. The highest BCUT2D eigenvalue weighted by Gasteiger charge is 2.20. The molecule has 1 heterocycles. The molecule has 0 aliphatic heterocycles. The zero-order chi connectivity index (χ0) is 18.9. The number of aryl methyl sites for hydroxylation is 2. The highest BCUT2D eigenvalue weighted by Crippen LogP contribution is 2.29. The number of hydrogen-bond acceptors (Lipinski definition) is 2. The van der Waals surface area contributed by atoms with Crippen LogP contribution in [0.15, 0.2) is 30.5 Å². The second kappa shape index (κ2) is 10.6. The third-order valence-electron chi connectivity index (χ3n) is 6.00. The van der Waals surface area contributed by atoms with E-state index in [0.29, 0.717) is 0 Å². The molecule has 1 aromatic heterocycles. The Kier molecular flexibility index (Phi) is 7.86. The lowest BCUT2D eigenvalue weighted by molar-refractivity contribution is 0.408. The van der Waals surface area contributed by atoms with Gasteiger partial charge in [0, 0.05) is 17.5 Å². The zero-order valence-corrected chi connectivity index (χ0v) is 17.3. The minimum Gasteiger partial charge on any atom is -0.236 e. The molecule has 1 atom stereocenters. The Morgan fingerprint density at radius 1 is 0.926 bits per heavy atom. The Balaban J connectivity index is 1.57. The fraction of sp³-hybridized carbons (Fsp3) is 0.600. The van der Waals surface area contributed by atoms with Crippen molar-refractivity contribution in [3.8, 4) is 11.4 Å². The average Bonchev–Trinajstić information content (AvgIpc) is 2.72. The standard InChI is InChI=1S/C25H36N2/c1-3-5-7-8-9-11-20-12-15-22(16-13-20)25-26-19-23-18-21(10-6-4-2)14-17-24(23)27-25/h12-13,15-16,19,21H,3-11,14,17-18H2,1-2H3. The fourth-order valence-corrected chi connectivity index (χ4v) is 4.21. The second-order valence-electron chi connectivity index (χ2n) is 8.28. The summed E-state index contributed by atoms with van der Waals surface area (Å²) in [5, 5.41) is 0. The summed E-state index contributed by atoms with van der Waals surface area (Å²) in [6, 6.07) is 8.93. The monoisotopic (exact) mass is 364 g/mol. The number of nitrogens with zero attached hydrogens (tertiary/aromatic N) is 2. The van der Waals surface area contributed by atoms with E-state index in [1.807, 2.05) is 0 Å². The van der Waals surface area contributed by atoms with Crippen molar-refractivity contribution in [3.63, 3.8) is 0 Å². The molecule has 2 nitrogen and oxygen atoms in total. The van der Waals surface area contributed by atoms with Crippen LogP contribution < -0.4 is 0 Å². The van der Waals surface area contributed by atoms with Gasteiger partial charge in [-0.1, -0.05) is 83.1 Å². The quantitative estimate of drug-likeness (QED) is 0.426. The third kappa shape index (κ3) is 5.89. The molecule has 3 rings (SSSR count). The molecule has 0 radical (unpaired) electrons. The summed E-state index contributed by atoms with van der Waals surface area (Å²) in [4.78, 5) is 9.60. The third-order valence-corrected chi connectivity index (χ3v) is 6.00. The first kappa shape index (κ1) is 20.0. The van der Waals surface area contributed by atoms with Gasteiger partial charge in [0.2, 0.25) is 0 Å². The molecule has 0 bridgehead atoms. The van der Waals surface area contributed by atoms with Gasteiger partial charge in [0.15, 0.2) is 5.82 Å². The number of unbranched alkanes of at least 4 members (excludes halogenated alkanes) is 5. The molecule has 1 aromatic carbocycles. The van der Waals surface area contributed by atoms with Crippen molar-refractivity contribution in [2.24, 2.45) is 5.92 Å². The fourth-order valence-electron chi connectivity index (χ4n) is 4.21. The van der Waals surface area contributed by atoms with Gasteiger partial charge in [0.05, 0.1) is 0 Å². The number of rotatable bonds is 10. The molecule has 0 fully saturated rings. The van der Waals surface area contributed by atoms with Crippen LogP contribution in [-0.2, 0) is 19.3 Å². The summed E-state index contributed by atoms with van der Waals surface area (Å²) in [5.74, 6) is 1.73. The maximum atomic E-state index is 4.91. The molecule has 1 aliphatic carbocycles. The lowest BCUT2D eigenvalue weighted by Gasteiger charge is -2.23. The molecular weight excluding hydrogens is 328 g/mol. The molecule has 0 spiro atoms. The maximum Gasteiger partial charge on any atom is 0.159 e. The smallest absolute Gasteiger partial charge is 0.159 e. The second-order valence-corrected chi connectivity index (χ2v) is 8.28. The van der Waals surface area contributed by atoms with Crippen LogP contribution in [-0.4, -0.2) is 9.97 Å². The van der Waals surface area contributed by atoms with Gasteiger partial charge >= 0.3 is 0 Å². The van der Waals surface area contributed by atoms with E-state index in [9.17, 15) is 0 Å². The van der Waals surface area contributed by atoms with Crippen molar-refractivity contribution in [1.82, 2.24) is 9.97 Å². The molecule has 0 N–H and O–H groups in total.